The van der Waals surface area contributed by atoms with E-state index < -0.39 is 12.2 Å². The molecule has 0 spiro atoms. The number of benzene rings is 2. The molecule has 1 unspecified atom stereocenters. The van der Waals surface area contributed by atoms with Gasteiger partial charge in [-0.3, -0.25) is 9.59 Å². The minimum absolute atomic E-state index is 0.243. The Labute approximate surface area is 148 Å². The predicted molar refractivity (Wildman–Crippen MR) is 96.1 cm³/mol. The fraction of sp³-hybridized carbons (Fsp3) is 0.111. The summed E-state index contributed by atoms with van der Waals surface area (Å²) in [4.78, 5) is 26.8. The standard InChI is InChI=1S/C18H15ClN2O4/c1-24-18(25-12-5-3-2-4-6-12)17(23)21-15-9-11-7-8-20-16(22)13(11)10-14(15)19/h2-10,18H,1H3,(H,20,22)(H,21,23). The number of hydrogen-bond donors (Lipinski definition) is 2. The number of fused-ring (bicyclic) bond motifs is 1. The quantitative estimate of drug-likeness (QED) is 0.686. The minimum Gasteiger partial charge on any atom is -0.455 e. The van der Waals surface area contributed by atoms with Crippen molar-refractivity contribution >= 4 is 34.0 Å². The van der Waals surface area contributed by atoms with Crippen LogP contribution in [0.2, 0.25) is 5.02 Å². The maximum atomic E-state index is 12.4. The van der Waals surface area contributed by atoms with Gasteiger partial charge in [-0.2, -0.15) is 0 Å². The van der Waals surface area contributed by atoms with E-state index in [0.29, 0.717) is 22.2 Å². The van der Waals surface area contributed by atoms with Gasteiger partial charge in [0.05, 0.1) is 10.7 Å². The van der Waals surface area contributed by atoms with E-state index in [0.717, 1.165) is 0 Å². The van der Waals surface area contributed by atoms with Crippen molar-refractivity contribution in [3.05, 3.63) is 70.1 Å². The van der Waals surface area contributed by atoms with E-state index in [4.69, 9.17) is 21.1 Å². The summed E-state index contributed by atoms with van der Waals surface area (Å²) in [5, 5.41) is 4.00. The Hall–Kier alpha value is -2.83. The van der Waals surface area contributed by atoms with Gasteiger partial charge < -0.3 is 19.8 Å². The lowest BCUT2D eigenvalue weighted by molar-refractivity contribution is -0.142. The largest absolute Gasteiger partial charge is 0.455 e. The smallest absolute Gasteiger partial charge is 0.294 e. The Morgan fingerprint density at radius 3 is 2.68 bits per heavy atom. The van der Waals surface area contributed by atoms with Crippen LogP contribution in [0.4, 0.5) is 5.69 Å². The van der Waals surface area contributed by atoms with E-state index in [2.05, 4.69) is 10.3 Å². The van der Waals surface area contributed by atoms with Crippen molar-refractivity contribution in [3.8, 4) is 5.75 Å². The van der Waals surface area contributed by atoms with Crippen molar-refractivity contribution in [1.29, 1.82) is 0 Å². The van der Waals surface area contributed by atoms with E-state index in [-0.39, 0.29) is 10.6 Å². The third-order valence-electron chi connectivity index (χ3n) is 3.53. The molecule has 0 bridgehead atoms. The van der Waals surface area contributed by atoms with Crippen molar-refractivity contribution < 1.29 is 14.3 Å². The number of halogens is 1. The molecule has 1 amide bonds. The molecule has 2 aromatic carbocycles. The first-order valence-corrected chi connectivity index (χ1v) is 7.82. The van der Waals surface area contributed by atoms with Gasteiger partial charge in [-0.25, -0.2) is 0 Å². The number of aromatic nitrogens is 1. The summed E-state index contributed by atoms with van der Waals surface area (Å²) < 4.78 is 10.6. The molecule has 3 rings (SSSR count). The average Bonchev–Trinajstić information content (AvgIpc) is 2.62. The molecule has 2 N–H and O–H groups in total. The highest BCUT2D eigenvalue weighted by Crippen LogP contribution is 2.26. The fourth-order valence-electron chi connectivity index (χ4n) is 2.33. The SMILES string of the molecule is COC(Oc1ccccc1)C(=O)Nc1cc2cc[nH]c(=O)c2cc1Cl. The molecule has 0 fully saturated rings. The lowest BCUT2D eigenvalue weighted by Gasteiger charge is -2.17. The van der Waals surface area contributed by atoms with Crippen molar-refractivity contribution in [2.24, 2.45) is 0 Å². The van der Waals surface area contributed by atoms with E-state index in [1.54, 1.807) is 36.4 Å². The lowest BCUT2D eigenvalue weighted by Crippen LogP contribution is -2.34. The summed E-state index contributed by atoms with van der Waals surface area (Å²) in [6.07, 6.45) is 0.383. The highest BCUT2D eigenvalue weighted by atomic mass is 35.5. The van der Waals surface area contributed by atoms with Crippen LogP contribution in [0.1, 0.15) is 0 Å². The van der Waals surface area contributed by atoms with Crippen molar-refractivity contribution in [2.75, 3.05) is 12.4 Å². The maximum absolute atomic E-state index is 12.4. The van der Waals surface area contributed by atoms with Gasteiger partial charge in [-0.1, -0.05) is 29.8 Å². The molecule has 1 heterocycles. The summed E-state index contributed by atoms with van der Waals surface area (Å²) >= 11 is 6.18. The number of rotatable bonds is 5. The van der Waals surface area contributed by atoms with Gasteiger partial charge in [0.15, 0.2) is 0 Å². The van der Waals surface area contributed by atoms with Gasteiger partial charge >= 0.3 is 0 Å². The van der Waals surface area contributed by atoms with Crippen LogP contribution in [0.25, 0.3) is 10.8 Å². The van der Waals surface area contributed by atoms with Crippen LogP contribution in [-0.4, -0.2) is 24.3 Å². The van der Waals surface area contributed by atoms with Gasteiger partial charge in [0, 0.05) is 18.7 Å². The normalized spacial score (nSPS) is 11.9. The molecular formula is C18H15ClN2O4. The van der Waals surface area contributed by atoms with Crippen LogP contribution >= 0.6 is 11.6 Å². The number of aromatic amines is 1. The minimum atomic E-state index is -1.15. The summed E-state index contributed by atoms with van der Waals surface area (Å²) in [6, 6.07) is 13.7. The van der Waals surface area contributed by atoms with Crippen LogP contribution in [0.5, 0.6) is 5.75 Å². The van der Waals surface area contributed by atoms with Gasteiger partial charge in [0.1, 0.15) is 5.75 Å². The molecule has 1 aromatic heterocycles. The number of methoxy groups -OCH3 is 1. The summed E-state index contributed by atoms with van der Waals surface area (Å²) in [5.74, 6) is -0.0157. The predicted octanol–water partition coefficient (Wildman–Crippen LogP) is 3.17. The third kappa shape index (κ3) is 3.81. The van der Waals surface area contributed by atoms with Crippen LogP contribution < -0.4 is 15.6 Å². The van der Waals surface area contributed by atoms with E-state index in [9.17, 15) is 9.59 Å². The van der Waals surface area contributed by atoms with E-state index >= 15 is 0 Å². The number of carbonyl (C=O) groups is 1. The van der Waals surface area contributed by atoms with Crippen LogP contribution in [0, 0.1) is 0 Å². The zero-order chi connectivity index (χ0) is 17.8. The Balaban J connectivity index is 1.83. The molecule has 1 atom stereocenters. The number of hydrogen-bond acceptors (Lipinski definition) is 4. The first-order valence-electron chi connectivity index (χ1n) is 7.45. The monoisotopic (exact) mass is 358 g/mol. The van der Waals surface area contributed by atoms with Crippen LogP contribution in [0.15, 0.2) is 59.5 Å². The lowest BCUT2D eigenvalue weighted by atomic mass is 10.1. The Bertz CT molecular complexity index is 956. The van der Waals surface area contributed by atoms with Gasteiger partial charge in [0.2, 0.25) is 0 Å². The third-order valence-corrected chi connectivity index (χ3v) is 3.85. The first kappa shape index (κ1) is 17.0. The molecule has 0 aliphatic carbocycles. The second-order valence-corrected chi connectivity index (χ2v) is 5.62. The molecule has 3 aromatic rings. The van der Waals surface area contributed by atoms with Gasteiger partial charge in [-0.15, -0.1) is 0 Å². The first-order chi connectivity index (χ1) is 12.1. The molecule has 25 heavy (non-hydrogen) atoms. The Morgan fingerprint density at radius 1 is 1.20 bits per heavy atom. The number of para-hydroxylation sites is 1. The maximum Gasteiger partial charge on any atom is 0.294 e. The van der Waals surface area contributed by atoms with Crippen molar-refractivity contribution in [2.45, 2.75) is 6.29 Å². The summed E-state index contributed by atoms with van der Waals surface area (Å²) in [7, 11) is 1.37. The topological polar surface area (TPSA) is 80.4 Å². The van der Waals surface area contributed by atoms with Crippen molar-refractivity contribution in [1.82, 2.24) is 4.98 Å². The molecule has 0 saturated heterocycles. The molecule has 0 radical (unpaired) electrons. The fourth-order valence-corrected chi connectivity index (χ4v) is 2.54. The number of ether oxygens (including phenoxy) is 2. The molecule has 6 nitrogen and oxygen atoms in total. The molecule has 128 valence electrons. The zero-order valence-electron chi connectivity index (χ0n) is 13.3. The molecular weight excluding hydrogens is 344 g/mol. The number of H-pyrrole nitrogens is 1. The summed E-state index contributed by atoms with van der Waals surface area (Å²) in [5.41, 5.74) is 0.114. The second kappa shape index (κ2) is 7.38. The molecule has 7 heteroatoms. The number of amides is 1. The molecule has 0 aliphatic rings. The van der Waals surface area contributed by atoms with Gasteiger partial charge in [-0.05, 0) is 35.7 Å². The van der Waals surface area contributed by atoms with E-state index in [1.807, 2.05) is 6.07 Å². The van der Waals surface area contributed by atoms with Crippen LogP contribution in [-0.2, 0) is 9.53 Å². The van der Waals surface area contributed by atoms with Crippen molar-refractivity contribution in [3.63, 3.8) is 0 Å². The molecule has 0 aliphatic heterocycles. The number of nitrogens with one attached hydrogen (secondary N) is 2. The Morgan fingerprint density at radius 2 is 1.96 bits per heavy atom. The number of carbonyl (C=O) groups excluding carboxylic acids is 1. The molecule has 0 saturated carbocycles. The van der Waals surface area contributed by atoms with E-state index in [1.165, 1.54) is 19.4 Å². The van der Waals surface area contributed by atoms with Crippen LogP contribution in [0.3, 0.4) is 0 Å². The zero-order valence-corrected chi connectivity index (χ0v) is 14.0. The Kier molecular flexibility index (Phi) is 5.02. The van der Waals surface area contributed by atoms with Gasteiger partial charge in [0.25, 0.3) is 17.8 Å². The number of pyridine rings is 1. The highest BCUT2D eigenvalue weighted by Gasteiger charge is 2.21. The highest BCUT2D eigenvalue weighted by molar-refractivity contribution is 6.34. The summed E-state index contributed by atoms with van der Waals surface area (Å²) in [6.45, 7) is 0. The average molecular weight is 359 g/mol. The second-order valence-electron chi connectivity index (χ2n) is 5.21. The number of anilines is 1.